The van der Waals surface area contributed by atoms with Gasteiger partial charge in [-0.2, -0.15) is 0 Å². The van der Waals surface area contributed by atoms with Crippen LogP contribution in [0.5, 0.6) is 0 Å². The quantitative estimate of drug-likeness (QED) is 0.0823. The summed E-state index contributed by atoms with van der Waals surface area (Å²) < 4.78 is 26.5. The van der Waals surface area contributed by atoms with Crippen LogP contribution in [0.1, 0.15) is 91.9 Å². The van der Waals surface area contributed by atoms with E-state index in [0.717, 1.165) is 64.6 Å². The van der Waals surface area contributed by atoms with Gasteiger partial charge in [0.1, 0.15) is 11.4 Å². The van der Waals surface area contributed by atoms with E-state index in [1.54, 1.807) is 12.3 Å². The smallest absolute Gasteiger partial charge is 0.274 e. The number of β-amino-alcohol motifs (C(OH)–C–C–N with tert-alkyl or cyclic N) is 1. The van der Waals surface area contributed by atoms with Crippen molar-refractivity contribution in [1.29, 1.82) is 0 Å². The van der Waals surface area contributed by atoms with Gasteiger partial charge >= 0.3 is 0 Å². The second kappa shape index (κ2) is 15.3. The Balaban J connectivity index is 0.981. The highest BCUT2D eigenvalue weighted by atomic mass is 32.2. The first kappa shape index (κ1) is 38.1. The Labute approximate surface area is 330 Å². The first-order valence-corrected chi connectivity index (χ1v) is 20.7. The summed E-state index contributed by atoms with van der Waals surface area (Å²) >= 11 is 0. The third-order valence-electron chi connectivity index (χ3n) is 11.1. The van der Waals surface area contributed by atoms with Gasteiger partial charge in [0.25, 0.3) is 17.5 Å². The van der Waals surface area contributed by atoms with Crippen molar-refractivity contribution in [2.45, 2.75) is 74.7 Å². The minimum absolute atomic E-state index is 0.0272. The molecule has 292 valence electrons. The third-order valence-corrected chi connectivity index (χ3v) is 12.8. The number of likely N-dealkylation sites (tertiary alicyclic amines) is 1. The Morgan fingerprint density at radius 1 is 0.789 bits per heavy atom. The summed E-state index contributed by atoms with van der Waals surface area (Å²) in [5.41, 5.74) is 8.45. The van der Waals surface area contributed by atoms with Crippen LogP contribution in [-0.2, 0) is 22.1 Å². The molecule has 2 aliphatic carbocycles. The number of hydrogen-bond donors (Lipinski definition) is 3. The summed E-state index contributed by atoms with van der Waals surface area (Å²) in [5.74, 6) is -0.540. The number of pyridine rings is 2. The fraction of sp³-hybridized carbons (Fsp3) is 0.302. The Morgan fingerprint density at radius 2 is 1.28 bits per heavy atom. The topological polar surface area (TPSA) is 185 Å². The van der Waals surface area contributed by atoms with Gasteiger partial charge in [0.15, 0.2) is 9.84 Å². The van der Waals surface area contributed by atoms with Gasteiger partial charge in [-0.25, -0.2) is 8.42 Å². The predicted molar refractivity (Wildman–Crippen MR) is 215 cm³/mol. The molecule has 0 radical (unpaired) electrons. The minimum Gasteiger partial charge on any atom is -0.390 e. The predicted octanol–water partition coefficient (Wildman–Crippen LogP) is 7.08. The fourth-order valence-electron chi connectivity index (χ4n) is 7.52. The SMILES string of the molecule is Cc1c(NC(=O)c2cc(C3CC3)c(CN3CC(O)C3)cn2)cccc1-c1cccc(NC(=O)c2cc(C3CC3)c(CS(=O)(=O)c3ccc([N+](=O)[O-])cc3)cn2)c1C. The third kappa shape index (κ3) is 8.20. The molecule has 0 unspecified atom stereocenters. The second-order valence-corrected chi connectivity index (χ2v) is 17.3. The molecule has 2 aromatic heterocycles. The first-order chi connectivity index (χ1) is 27.3. The largest absolute Gasteiger partial charge is 0.390 e. The van der Waals surface area contributed by atoms with Gasteiger partial charge in [-0.3, -0.25) is 34.6 Å². The maximum Gasteiger partial charge on any atom is 0.274 e. The van der Waals surface area contributed by atoms with E-state index in [1.807, 2.05) is 56.3 Å². The van der Waals surface area contributed by atoms with E-state index in [2.05, 4.69) is 25.5 Å². The van der Waals surface area contributed by atoms with Crippen LogP contribution in [0.2, 0.25) is 0 Å². The molecule has 57 heavy (non-hydrogen) atoms. The van der Waals surface area contributed by atoms with Crippen molar-refractivity contribution in [2.75, 3.05) is 23.7 Å². The standard InChI is InChI=1S/C43H42N6O7S/c1-25-34(5-3-7-38(25)46-42(51)40-17-36(27-9-10-27)29(19-44-40)21-48-22-32(50)23-48)35-6-4-8-39(26(35)2)47-43(52)41-18-37(28-11-12-28)30(20-45-41)24-57(55,56)33-15-13-31(14-16-33)49(53)54/h3-8,13-20,27-28,32,50H,9-12,21-24H2,1-2H3,(H,46,51)(H,47,52). The number of aliphatic hydroxyl groups excluding tert-OH is 1. The number of amides is 2. The first-order valence-electron chi connectivity index (χ1n) is 19.0. The van der Waals surface area contributed by atoms with E-state index >= 15 is 0 Å². The molecule has 2 amide bonds. The molecule has 3 aromatic carbocycles. The number of carbonyl (C=O) groups is 2. The molecule has 1 saturated heterocycles. The highest BCUT2D eigenvalue weighted by molar-refractivity contribution is 7.90. The van der Waals surface area contributed by atoms with Crippen LogP contribution in [0.4, 0.5) is 17.1 Å². The molecule has 3 heterocycles. The summed E-state index contributed by atoms with van der Waals surface area (Å²) in [5, 5.41) is 26.8. The van der Waals surface area contributed by atoms with E-state index in [-0.39, 0.29) is 40.0 Å². The zero-order chi connectivity index (χ0) is 40.0. The van der Waals surface area contributed by atoms with Crippen molar-refractivity contribution in [2.24, 2.45) is 0 Å². The molecule has 13 nitrogen and oxygen atoms in total. The number of sulfone groups is 1. The molecule has 0 spiro atoms. The molecule has 2 saturated carbocycles. The number of aliphatic hydroxyl groups is 1. The van der Waals surface area contributed by atoms with E-state index < -0.39 is 20.7 Å². The zero-order valence-corrected chi connectivity index (χ0v) is 32.4. The Bertz CT molecular complexity index is 2530. The number of aromatic nitrogens is 2. The lowest BCUT2D eigenvalue weighted by molar-refractivity contribution is -0.384. The van der Waals surface area contributed by atoms with Crippen LogP contribution >= 0.6 is 0 Å². The molecule has 8 rings (SSSR count). The number of nitrogens with zero attached hydrogens (tertiary/aromatic N) is 4. The number of nitro groups is 1. The van der Waals surface area contributed by atoms with Gasteiger partial charge in [0, 0.05) is 55.5 Å². The zero-order valence-electron chi connectivity index (χ0n) is 31.6. The maximum absolute atomic E-state index is 13.7. The lowest BCUT2D eigenvalue weighted by atomic mass is 9.94. The maximum atomic E-state index is 13.7. The molecular formula is C43H42N6O7S. The number of rotatable bonds is 13. The van der Waals surface area contributed by atoms with E-state index in [9.17, 15) is 33.2 Å². The summed E-state index contributed by atoms with van der Waals surface area (Å²) in [7, 11) is -3.84. The lowest BCUT2D eigenvalue weighted by Crippen LogP contribution is -2.49. The van der Waals surface area contributed by atoms with Crippen molar-refractivity contribution >= 4 is 38.7 Å². The van der Waals surface area contributed by atoms with Crippen LogP contribution in [-0.4, -0.2) is 64.3 Å². The Kier molecular flexibility index (Phi) is 10.2. The molecule has 3 aliphatic rings. The van der Waals surface area contributed by atoms with Crippen molar-refractivity contribution in [1.82, 2.24) is 14.9 Å². The molecule has 0 bridgehead atoms. The van der Waals surface area contributed by atoms with Crippen molar-refractivity contribution in [3.8, 4) is 11.1 Å². The average molecular weight is 787 g/mol. The minimum atomic E-state index is -3.84. The second-order valence-electron chi connectivity index (χ2n) is 15.3. The van der Waals surface area contributed by atoms with Gasteiger partial charge < -0.3 is 15.7 Å². The average Bonchev–Trinajstić information content (AvgIpc) is 4.11. The molecular weight excluding hydrogens is 745 g/mol. The molecule has 3 N–H and O–H groups in total. The Morgan fingerprint density at radius 3 is 1.75 bits per heavy atom. The van der Waals surface area contributed by atoms with E-state index in [1.165, 1.54) is 30.5 Å². The molecule has 14 heteroatoms. The van der Waals surface area contributed by atoms with E-state index in [4.69, 9.17) is 0 Å². The molecule has 3 fully saturated rings. The van der Waals surface area contributed by atoms with Gasteiger partial charge in [-0.15, -0.1) is 0 Å². The van der Waals surface area contributed by atoms with Crippen molar-refractivity contribution in [3.63, 3.8) is 0 Å². The molecule has 5 aromatic rings. The highest BCUT2D eigenvalue weighted by Crippen LogP contribution is 2.44. The van der Waals surface area contributed by atoms with Crippen molar-refractivity contribution < 1.29 is 28.0 Å². The summed E-state index contributed by atoms with van der Waals surface area (Å²) in [6, 6.07) is 19.7. The van der Waals surface area contributed by atoms with Crippen molar-refractivity contribution in [3.05, 3.63) is 140 Å². The van der Waals surface area contributed by atoms with Gasteiger partial charge in [0.05, 0.1) is 21.7 Å². The monoisotopic (exact) mass is 786 g/mol. The number of nitrogens with one attached hydrogen (secondary N) is 2. The van der Waals surface area contributed by atoms with Gasteiger partial charge in [-0.05, 0) is 132 Å². The highest BCUT2D eigenvalue weighted by Gasteiger charge is 2.32. The van der Waals surface area contributed by atoms with E-state index in [0.29, 0.717) is 48.2 Å². The number of non-ortho nitro benzene ring substituents is 1. The van der Waals surface area contributed by atoms with Crippen LogP contribution in [0, 0.1) is 24.0 Å². The number of anilines is 2. The lowest BCUT2D eigenvalue weighted by Gasteiger charge is -2.36. The van der Waals surface area contributed by atoms with Gasteiger partial charge in [0.2, 0.25) is 0 Å². The summed E-state index contributed by atoms with van der Waals surface area (Å²) in [6.45, 7) is 5.86. The molecule has 1 aliphatic heterocycles. The number of benzene rings is 3. The van der Waals surface area contributed by atoms with Gasteiger partial charge in [-0.1, -0.05) is 24.3 Å². The molecule has 0 atom stereocenters. The van der Waals surface area contributed by atoms with Crippen LogP contribution in [0.25, 0.3) is 11.1 Å². The number of nitro benzene ring substituents is 1. The van der Waals surface area contributed by atoms with Crippen LogP contribution in [0.15, 0.2) is 90.1 Å². The Hall–Kier alpha value is -5.83. The number of hydrogen-bond acceptors (Lipinski definition) is 10. The normalized spacial score (nSPS) is 15.8. The van der Waals surface area contributed by atoms with Crippen LogP contribution in [0.3, 0.4) is 0 Å². The fourth-order valence-corrected chi connectivity index (χ4v) is 8.89. The summed E-state index contributed by atoms with van der Waals surface area (Å²) in [4.78, 5) is 48.7. The summed E-state index contributed by atoms with van der Waals surface area (Å²) in [6.07, 6.45) is 6.87. The van der Waals surface area contributed by atoms with Crippen LogP contribution < -0.4 is 10.6 Å². The number of carbonyl (C=O) groups excluding carboxylic acids is 2.